The molecule has 0 nitrogen and oxygen atoms in total. The predicted octanol–water partition coefficient (Wildman–Crippen LogP) is 3.66. The zero-order chi connectivity index (χ0) is 9.81. The Morgan fingerprint density at radius 2 is 1.86 bits per heavy atom. The van der Waals surface area contributed by atoms with Crippen LogP contribution < -0.4 is 0 Å². The summed E-state index contributed by atoms with van der Waals surface area (Å²) in [5, 5.41) is 0. The molecule has 0 heterocycles. The Morgan fingerprint density at radius 1 is 1.21 bits per heavy atom. The van der Waals surface area contributed by atoms with E-state index in [9.17, 15) is 0 Å². The molecule has 0 radical (unpaired) electrons. The number of halogens is 1. The number of hydrogen-bond acceptors (Lipinski definition) is 0. The van der Waals surface area contributed by atoms with Crippen LogP contribution in [0.25, 0.3) is 0 Å². The highest BCUT2D eigenvalue weighted by molar-refractivity contribution is 6.18. The summed E-state index contributed by atoms with van der Waals surface area (Å²) < 4.78 is 0. The maximum absolute atomic E-state index is 5.97. The molecule has 3 aliphatic rings. The second-order valence-corrected chi connectivity index (χ2v) is 5.53. The van der Waals surface area contributed by atoms with Crippen LogP contribution in [0.2, 0.25) is 0 Å². The Bertz CT molecular complexity index is 361. The van der Waals surface area contributed by atoms with E-state index in [1.807, 2.05) is 0 Å². The summed E-state index contributed by atoms with van der Waals surface area (Å²) in [7, 11) is 0. The molecule has 1 heteroatoms. The molecule has 1 aromatic carbocycles. The van der Waals surface area contributed by atoms with Crippen LogP contribution in [0.3, 0.4) is 0 Å². The van der Waals surface area contributed by atoms with Gasteiger partial charge in [0.1, 0.15) is 0 Å². The summed E-state index contributed by atoms with van der Waals surface area (Å²) in [6, 6.07) is 8.81. The Kier molecular flexibility index (Phi) is 1.60. The fraction of sp³-hybridized carbons (Fsp3) is 0.538. The molecule has 3 aliphatic carbocycles. The van der Waals surface area contributed by atoms with Crippen molar-refractivity contribution in [3.8, 4) is 0 Å². The van der Waals surface area contributed by atoms with Crippen molar-refractivity contribution in [2.75, 3.05) is 5.88 Å². The van der Waals surface area contributed by atoms with Crippen molar-refractivity contribution in [2.24, 2.45) is 5.41 Å². The predicted molar refractivity (Wildman–Crippen MR) is 59.9 cm³/mol. The highest BCUT2D eigenvalue weighted by Crippen LogP contribution is 2.74. The number of aryl methyl sites for hydroxylation is 1. The molecule has 3 fully saturated rings. The summed E-state index contributed by atoms with van der Waals surface area (Å²) in [4.78, 5) is 0. The van der Waals surface area contributed by atoms with Gasteiger partial charge in [-0.05, 0) is 48.1 Å². The van der Waals surface area contributed by atoms with Crippen molar-refractivity contribution in [3.63, 3.8) is 0 Å². The normalized spacial score (nSPS) is 38.7. The molecule has 0 spiro atoms. The van der Waals surface area contributed by atoms with E-state index >= 15 is 0 Å². The molecule has 3 saturated carbocycles. The van der Waals surface area contributed by atoms with Crippen LogP contribution in [0.15, 0.2) is 24.3 Å². The van der Waals surface area contributed by atoms with Gasteiger partial charge in [0.05, 0.1) is 0 Å². The van der Waals surface area contributed by atoms with Crippen LogP contribution >= 0.6 is 11.6 Å². The first-order chi connectivity index (χ1) is 6.70. The molecule has 2 bridgehead atoms. The first-order valence-electron chi connectivity index (χ1n) is 5.32. The zero-order valence-corrected chi connectivity index (χ0v) is 9.27. The highest BCUT2D eigenvalue weighted by Gasteiger charge is 2.67. The van der Waals surface area contributed by atoms with Gasteiger partial charge in [0, 0.05) is 5.88 Å². The number of rotatable bonds is 2. The third-order valence-electron chi connectivity index (χ3n) is 4.14. The second kappa shape index (κ2) is 2.55. The van der Waals surface area contributed by atoms with Gasteiger partial charge in [-0.15, -0.1) is 11.6 Å². The Balaban J connectivity index is 1.91. The van der Waals surface area contributed by atoms with Gasteiger partial charge in [-0.3, -0.25) is 0 Å². The topological polar surface area (TPSA) is 0 Å². The fourth-order valence-corrected chi connectivity index (χ4v) is 3.88. The summed E-state index contributed by atoms with van der Waals surface area (Å²) in [5.74, 6) is 0.862. The highest BCUT2D eigenvalue weighted by atomic mass is 35.5. The van der Waals surface area contributed by atoms with Crippen molar-refractivity contribution in [1.29, 1.82) is 0 Å². The second-order valence-electron chi connectivity index (χ2n) is 5.26. The van der Waals surface area contributed by atoms with Gasteiger partial charge in [0.2, 0.25) is 0 Å². The Labute approximate surface area is 90.3 Å². The van der Waals surface area contributed by atoms with E-state index in [0.29, 0.717) is 10.8 Å². The van der Waals surface area contributed by atoms with Crippen molar-refractivity contribution in [2.45, 2.75) is 31.6 Å². The minimum atomic E-state index is 0.528. The molecule has 14 heavy (non-hydrogen) atoms. The van der Waals surface area contributed by atoms with E-state index in [1.165, 1.54) is 24.8 Å². The van der Waals surface area contributed by atoms with Crippen LogP contribution in [0.5, 0.6) is 0 Å². The third-order valence-corrected chi connectivity index (χ3v) is 4.71. The first kappa shape index (κ1) is 8.79. The summed E-state index contributed by atoms with van der Waals surface area (Å²) in [6.45, 7) is 2.23. The molecule has 0 aromatic heterocycles. The maximum atomic E-state index is 5.97. The third kappa shape index (κ3) is 0.904. The summed E-state index contributed by atoms with van der Waals surface area (Å²) in [5.41, 5.74) is 4.09. The first-order valence-corrected chi connectivity index (χ1v) is 5.85. The minimum Gasteiger partial charge on any atom is -0.126 e. The van der Waals surface area contributed by atoms with Gasteiger partial charge in [-0.25, -0.2) is 0 Å². The lowest BCUT2D eigenvalue weighted by molar-refractivity contribution is -0.122. The van der Waals surface area contributed by atoms with Gasteiger partial charge < -0.3 is 0 Å². The van der Waals surface area contributed by atoms with Crippen molar-refractivity contribution < 1.29 is 0 Å². The number of alkyl halides is 1. The Morgan fingerprint density at radius 3 is 2.43 bits per heavy atom. The monoisotopic (exact) mass is 206 g/mol. The molecule has 0 aliphatic heterocycles. The molecule has 0 amide bonds. The van der Waals surface area contributed by atoms with Gasteiger partial charge in [0.25, 0.3) is 0 Å². The van der Waals surface area contributed by atoms with Crippen LogP contribution in [-0.4, -0.2) is 5.88 Å². The van der Waals surface area contributed by atoms with Gasteiger partial charge in [-0.2, -0.15) is 0 Å². The molecular formula is C13H15Cl. The van der Waals surface area contributed by atoms with E-state index in [1.54, 1.807) is 5.56 Å². The molecule has 0 N–H and O–H groups in total. The lowest BCUT2D eigenvalue weighted by Crippen LogP contribution is -2.65. The van der Waals surface area contributed by atoms with E-state index in [4.69, 9.17) is 11.6 Å². The maximum Gasteiger partial charge on any atom is 0.0280 e. The lowest BCUT2D eigenvalue weighted by Gasteiger charge is -2.71. The fourth-order valence-electron chi connectivity index (χ4n) is 3.59. The van der Waals surface area contributed by atoms with Crippen LogP contribution in [0.4, 0.5) is 0 Å². The molecule has 0 saturated heterocycles. The van der Waals surface area contributed by atoms with Gasteiger partial charge in [-0.1, -0.05) is 24.3 Å². The largest absolute Gasteiger partial charge is 0.126 e. The average molecular weight is 207 g/mol. The van der Waals surface area contributed by atoms with Crippen molar-refractivity contribution in [3.05, 3.63) is 35.4 Å². The minimum absolute atomic E-state index is 0.528. The van der Waals surface area contributed by atoms with Gasteiger partial charge >= 0.3 is 0 Å². The summed E-state index contributed by atoms with van der Waals surface area (Å²) in [6.07, 6.45) is 3.98. The van der Waals surface area contributed by atoms with Crippen LogP contribution in [-0.2, 0) is 5.41 Å². The molecule has 0 atom stereocenters. The van der Waals surface area contributed by atoms with Crippen LogP contribution in [0, 0.1) is 12.3 Å². The molecule has 74 valence electrons. The number of hydrogen-bond donors (Lipinski definition) is 0. The Hall–Kier alpha value is -0.490. The van der Waals surface area contributed by atoms with E-state index in [-0.39, 0.29) is 0 Å². The molecule has 0 unspecified atom stereocenters. The SMILES string of the molecule is Cc1ccccc1C12CC(CCl)(C1)C2. The average Bonchev–Trinajstić information content (AvgIpc) is 2.04. The lowest BCUT2D eigenvalue weighted by atomic mass is 9.34. The zero-order valence-electron chi connectivity index (χ0n) is 8.52. The number of benzene rings is 1. The van der Waals surface area contributed by atoms with Crippen LogP contribution in [0.1, 0.15) is 30.4 Å². The molecular weight excluding hydrogens is 192 g/mol. The van der Waals surface area contributed by atoms with Gasteiger partial charge in [0.15, 0.2) is 0 Å². The molecule has 1 aromatic rings. The quantitative estimate of drug-likeness (QED) is 0.648. The molecule has 4 rings (SSSR count). The van der Waals surface area contributed by atoms with Crippen molar-refractivity contribution in [1.82, 2.24) is 0 Å². The smallest absolute Gasteiger partial charge is 0.0280 e. The summed E-state index contributed by atoms with van der Waals surface area (Å²) >= 11 is 5.97. The van der Waals surface area contributed by atoms with Crippen molar-refractivity contribution >= 4 is 11.6 Å². The standard InChI is InChI=1S/C13H15Cl/c1-10-4-2-3-5-11(10)13-6-12(7-13,8-13)9-14/h2-5H,6-9H2,1H3. The van der Waals surface area contributed by atoms with E-state index in [2.05, 4.69) is 31.2 Å². The van der Waals surface area contributed by atoms with E-state index in [0.717, 1.165) is 5.88 Å². The van der Waals surface area contributed by atoms with E-state index < -0.39 is 0 Å².